The van der Waals surface area contributed by atoms with Crippen LogP contribution in [-0.2, 0) is 18.9 Å². The summed E-state index contributed by atoms with van der Waals surface area (Å²) in [5, 5.41) is 20.8. The first-order valence-corrected chi connectivity index (χ1v) is 11.9. The van der Waals surface area contributed by atoms with Gasteiger partial charge in [-0.25, -0.2) is 9.59 Å². The average Bonchev–Trinajstić information content (AvgIpc) is 2.96. The van der Waals surface area contributed by atoms with Crippen LogP contribution in [0.25, 0.3) is 0 Å². The molecule has 0 aromatic heterocycles. The molecule has 0 amide bonds. The Kier molecular flexibility index (Phi) is 7.79. The number of aliphatic hydroxyl groups excluding tert-OH is 2. The summed E-state index contributed by atoms with van der Waals surface area (Å²) >= 11 is 0. The van der Waals surface area contributed by atoms with E-state index in [1.54, 1.807) is 66.7 Å². The number of carbonyl (C=O) groups is 2. The lowest BCUT2D eigenvalue weighted by molar-refractivity contribution is -0.358. The van der Waals surface area contributed by atoms with Crippen molar-refractivity contribution in [3.8, 4) is 11.5 Å². The molecule has 0 bridgehead atoms. The maximum absolute atomic E-state index is 12.8. The van der Waals surface area contributed by atoms with Crippen molar-refractivity contribution < 1.29 is 48.2 Å². The van der Waals surface area contributed by atoms with Gasteiger partial charge in [0.2, 0.25) is 0 Å². The van der Waals surface area contributed by atoms with Crippen LogP contribution in [0.2, 0.25) is 0 Å². The minimum Gasteiger partial charge on any atom is -0.419 e. The highest BCUT2D eigenvalue weighted by atomic mass is 16.7. The first kappa shape index (κ1) is 26.0. The van der Waals surface area contributed by atoms with Crippen molar-refractivity contribution in [2.45, 2.75) is 37.0 Å². The van der Waals surface area contributed by atoms with Gasteiger partial charge in [-0.15, -0.1) is 0 Å². The van der Waals surface area contributed by atoms with Crippen molar-refractivity contribution in [1.29, 1.82) is 0 Å². The van der Waals surface area contributed by atoms with Crippen LogP contribution in [0.3, 0.4) is 0 Å². The summed E-state index contributed by atoms with van der Waals surface area (Å²) in [4.78, 5) is 25.5. The standard InChI is InChI=1S/C28H26O10/c1-33-28-23(30)22(29)24-21(37-28)15-34-27(38-24)18-12-13-19(35-25(31)16-8-4-2-5-9-16)20(14-18)36-26(32)17-10-6-3-7-11-17/h2-14,21-24,27-30H,15H2,1H3/t21-,22-,23-,24-,27?,28+/m1/s1. The molecular formula is C28H26O10. The fourth-order valence-electron chi connectivity index (χ4n) is 4.24. The predicted octanol–water partition coefficient (Wildman–Crippen LogP) is 2.63. The first-order chi connectivity index (χ1) is 18.4. The van der Waals surface area contributed by atoms with Gasteiger partial charge in [-0.2, -0.15) is 0 Å². The Balaban J connectivity index is 1.40. The fourth-order valence-corrected chi connectivity index (χ4v) is 4.24. The summed E-state index contributed by atoms with van der Waals surface area (Å²) in [5.41, 5.74) is 1.05. The largest absolute Gasteiger partial charge is 0.419 e. The number of carbonyl (C=O) groups excluding carboxylic acids is 2. The number of rotatable bonds is 6. The lowest BCUT2D eigenvalue weighted by Gasteiger charge is -2.45. The normalized spacial score (nSPS) is 26.7. The number of benzene rings is 3. The van der Waals surface area contributed by atoms with E-state index in [-0.39, 0.29) is 18.1 Å². The van der Waals surface area contributed by atoms with Crippen LogP contribution < -0.4 is 9.47 Å². The topological polar surface area (TPSA) is 130 Å². The molecule has 2 heterocycles. The van der Waals surface area contributed by atoms with Gasteiger partial charge in [0.15, 0.2) is 24.1 Å². The Morgan fingerprint density at radius 3 is 2.00 bits per heavy atom. The second kappa shape index (κ2) is 11.4. The molecule has 6 atom stereocenters. The maximum Gasteiger partial charge on any atom is 0.343 e. The molecule has 2 N–H and O–H groups in total. The smallest absolute Gasteiger partial charge is 0.343 e. The van der Waals surface area contributed by atoms with Gasteiger partial charge in [0.1, 0.15) is 24.4 Å². The van der Waals surface area contributed by atoms with Gasteiger partial charge in [-0.05, 0) is 42.5 Å². The second-order valence-corrected chi connectivity index (χ2v) is 8.74. The van der Waals surface area contributed by atoms with Gasteiger partial charge in [-0.3, -0.25) is 0 Å². The Hall–Kier alpha value is -3.64. The number of methoxy groups -OCH3 is 1. The van der Waals surface area contributed by atoms with Gasteiger partial charge in [-0.1, -0.05) is 36.4 Å². The highest BCUT2D eigenvalue weighted by molar-refractivity contribution is 5.93. The molecule has 38 heavy (non-hydrogen) atoms. The first-order valence-electron chi connectivity index (χ1n) is 11.9. The predicted molar refractivity (Wildman–Crippen MR) is 130 cm³/mol. The van der Waals surface area contributed by atoms with Crippen LogP contribution in [0.5, 0.6) is 11.5 Å². The highest BCUT2D eigenvalue weighted by Gasteiger charge is 2.49. The van der Waals surface area contributed by atoms with Crippen LogP contribution in [0.1, 0.15) is 32.6 Å². The van der Waals surface area contributed by atoms with E-state index >= 15 is 0 Å². The third kappa shape index (κ3) is 5.46. The Labute approximate surface area is 218 Å². The summed E-state index contributed by atoms with van der Waals surface area (Å²) in [6, 6.07) is 21.3. The molecule has 2 aliphatic rings. The summed E-state index contributed by atoms with van der Waals surface area (Å²) in [6.07, 6.45) is -6.18. The van der Waals surface area contributed by atoms with Crippen molar-refractivity contribution in [3.05, 3.63) is 95.6 Å². The van der Waals surface area contributed by atoms with E-state index in [0.717, 1.165) is 0 Å². The third-order valence-corrected chi connectivity index (χ3v) is 6.23. The van der Waals surface area contributed by atoms with Crippen LogP contribution in [0, 0.1) is 0 Å². The fraction of sp³-hybridized carbons (Fsp3) is 0.286. The van der Waals surface area contributed by atoms with Gasteiger partial charge in [0.25, 0.3) is 0 Å². The van der Waals surface area contributed by atoms with E-state index in [9.17, 15) is 19.8 Å². The molecule has 5 rings (SSSR count). The zero-order valence-electron chi connectivity index (χ0n) is 20.3. The molecule has 2 saturated heterocycles. The van der Waals surface area contributed by atoms with E-state index in [2.05, 4.69) is 0 Å². The lowest BCUT2D eigenvalue weighted by atomic mass is 9.98. The number of aliphatic hydroxyl groups is 2. The van der Waals surface area contributed by atoms with E-state index in [0.29, 0.717) is 16.7 Å². The average molecular weight is 523 g/mol. The van der Waals surface area contributed by atoms with Gasteiger partial charge in [0.05, 0.1) is 17.7 Å². The molecule has 2 fully saturated rings. The van der Waals surface area contributed by atoms with Crippen molar-refractivity contribution in [2.24, 2.45) is 0 Å². The quantitative estimate of drug-likeness (QED) is 0.368. The number of esters is 2. The molecule has 1 unspecified atom stereocenters. The molecule has 0 spiro atoms. The van der Waals surface area contributed by atoms with Crippen LogP contribution in [0.4, 0.5) is 0 Å². The summed E-state index contributed by atoms with van der Waals surface area (Å²) in [7, 11) is 1.36. The van der Waals surface area contributed by atoms with E-state index in [1.807, 2.05) is 0 Å². The Morgan fingerprint density at radius 2 is 1.39 bits per heavy atom. The molecule has 3 aromatic rings. The molecule has 0 saturated carbocycles. The molecule has 198 valence electrons. The molecule has 0 aliphatic carbocycles. The maximum atomic E-state index is 12.8. The minimum atomic E-state index is -1.32. The molecule has 10 nitrogen and oxygen atoms in total. The highest BCUT2D eigenvalue weighted by Crippen LogP contribution is 2.38. The van der Waals surface area contributed by atoms with Gasteiger partial charge in [0, 0.05) is 12.7 Å². The molecular weight excluding hydrogens is 496 g/mol. The van der Waals surface area contributed by atoms with E-state index in [4.69, 9.17) is 28.4 Å². The Bertz CT molecular complexity index is 1260. The summed E-state index contributed by atoms with van der Waals surface area (Å²) < 4.78 is 33.6. The number of fused-ring (bicyclic) bond motifs is 1. The molecule has 3 aromatic carbocycles. The third-order valence-electron chi connectivity index (χ3n) is 6.23. The molecule has 0 radical (unpaired) electrons. The van der Waals surface area contributed by atoms with E-state index < -0.39 is 48.9 Å². The van der Waals surface area contributed by atoms with E-state index in [1.165, 1.54) is 19.2 Å². The summed E-state index contributed by atoms with van der Waals surface area (Å²) in [5.74, 6) is -1.31. The zero-order chi connectivity index (χ0) is 26.6. The second-order valence-electron chi connectivity index (χ2n) is 8.74. The van der Waals surface area contributed by atoms with Gasteiger partial charge < -0.3 is 38.6 Å². The number of hydrogen-bond donors (Lipinski definition) is 2. The zero-order valence-corrected chi connectivity index (χ0v) is 20.3. The SMILES string of the molecule is CO[C@H]1O[C@@H]2COC(c3ccc(OC(=O)c4ccccc4)c(OC(=O)c4ccccc4)c3)O[C@H]2[C@H](O)[C@H]1O. The monoisotopic (exact) mass is 522 g/mol. The molecule has 10 heteroatoms. The van der Waals surface area contributed by atoms with Crippen LogP contribution in [-0.4, -0.2) is 66.6 Å². The number of ether oxygens (including phenoxy) is 6. The van der Waals surface area contributed by atoms with Crippen molar-refractivity contribution in [3.63, 3.8) is 0 Å². The number of hydrogen-bond acceptors (Lipinski definition) is 10. The Morgan fingerprint density at radius 1 is 0.789 bits per heavy atom. The lowest BCUT2D eigenvalue weighted by Crippen LogP contribution is -2.62. The van der Waals surface area contributed by atoms with Crippen molar-refractivity contribution >= 4 is 11.9 Å². The van der Waals surface area contributed by atoms with Gasteiger partial charge >= 0.3 is 11.9 Å². The van der Waals surface area contributed by atoms with Crippen LogP contribution in [0.15, 0.2) is 78.9 Å². The van der Waals surface area contributed by atoms with Crippen molar-refractivity contribution in [1.82, 2.24) is 0 Å². The summed E-state index contributed by atoms with van der Waals surface area (Å²) in [6.45, 7) is 0.0445. The molecule has 2 aliphatic heterocycles. The van der Waals surface area contributed by atoms with Crippen LogP contribution >= 0.6 is 0 Å². The minimum absolute atomic E-state index is 0.0139. The van der Waals surface area contributed by atoms with Crippen molar-refractivity contribution in [2.75, 3.05) is 13.7 Å².